The average molecular weight is 517 g/mol. The van der Waals surface area contributed by atoms with Crippen LogP contribution in [-0.4, -0.2) is 37.9 Å². The molecule has 1 heterocycles. The number of pyridine rings is 1. The van der Waals surface area contributed by atoms with E-state index in [1.807, 2.05) is 6.07 Å². The van der Waals surface area contributed by atoms with Gasteiger partial charge in [-0.2, -0.15) is 0 Å². The van der Waals surface area contributed by atoms with Gasteiger partial charge in [-0.15, -0.1) is 0 Å². The molecule has 1 atom stereocenters. The second-order valence-electron chi connectivity index (χ2n) is 8.29. The summed E-state index contributed by atoms with van der Waals surface area (Å²) in [6.45, 7) is 1.80. The molecule has 0 amide bonds. The first-order valence-corrected chi connectivity index (χ1v) is 12.7. The highest BCUT2D eigenvalue weighted by Crippen LogP contribution is 2.34. The number of benzene rings is 3. The molecule has 0 spiro atoms. The summed E-state index contributed by atoms with van der Waals surface area (Å²) < 4.78 is 32.1. The maximum absolute atomic E-state index is 13.5. The SMILES string of the molecule is COc1ccc(S(=O)(=O)c2ccncc2C(C=O)Nc2ccccc2-c2cc(C)cc(C(=O)O)c2)cc1. The van der Waals surface area contributed by atoms with Crippen LogP contribution in [0.2, 0.25) is 0 Å². The Labute approximate surface area is 214 Å². The molecule has 37 heavy (non-hydrogen) atoms. The maximum Gasteiger partial charge on any atom is 0.335 e. The van der Waals surface area contributed by atoms with E-state index in [1.54, 1.807) is 55.5 Å². The van der Waals surface area contributed by atoms with Crippen LogP contribution in [0.25, 0.3) is 11.1 Å². The number of ether oxygens (including phenoxy) is 1. The number of carboxylic acid groups (broad SMARTS) is 1. The highest BCUT2D eigenvalue weighted by atomic mass is 32.2. The molecule has 0 fully saturated rings. The molecule has 4 rings (SSSR count). The molecule has 1 unspecified atom stereocenters. The van der Waals surface area contributed by atoms with Gasteiger partial charge in [-0.1, -0.05) is 24.3 Å². The van der Waals surface area contributed by atoms with E-state index in [4.69, 9.17) is 4.74 Å². The van der Waals surface area contributed by atoms with Crippen molar-refractivity contribution in [1.82, 2.24) is 4.98 Å². The Bertz CT molecular complexity index is 1570. The average Bonchev–Trinajstić information content (AvgIpc) is 2.91. The number of aromatic nitrogens is 1. The van der Waals surface area contributed by atoms with Crippen molar-refractivity contribution in [1.29, 1.82) is 0 Å². The predicted molar refractivity (Wildman–Crippen MR) is 139 cm³/mol. The first-order valence-electron chi connectivity index (χ1n) is 11.2. The summed E-state index contributed by atoms with van der Waals surface area (Å²) in [4.78, 5) is 27.9. The summed E-state index contributed by atoms with van der Waals surface area (Å²) in [6.07, 6.45) is 3.32. The van der Waals surface area contributed by atoms with Gasteiger partial charge in [0.2, 0.25) is 9.84 Å². The molecule has 0 saturated heterocycles. The van der Waals surface area contributed by atoms with Gasteiger partial charge in [-0.25, -0.2) is 13.2 Å². The lowest BCUT2D eigenvalue weighted by Gasteiger charge is -2.20. The number of rotatable bonds is 9. The number of carbonyl (C=O) groups excluding carboxylic acids is 1. The van der Waals surface area contributed by atoms with Crippen LogP contribution in [-0.2, 0) is 14.6 Å². The summed E-state index contributed by atoms with van der Waals surface area (Å²) in [5.41, 5.74) is 2.90. The third-order valence-electron chi connectivity index (χ3n) is 5.81. The molecule has 0 aliphatic rings. The Morgan fingerprint density at radius 1 is 1.05 bits per heavy atom. The molecule has 0 aliphatic heterocycles. The smallest absolute Gasteiger partial charge is 0.335 e. The number of nitrogens with one attached hydrogen (secondary N) is 1. The molecular weight excluding hydrogens is 492 g/mol. The number of anilines is 1. The molecule has 0 saturated carbocycles. The van der Waals surface area contributed by atoms with Crippen LogP contribution >= 0.6 is 0 Å². The molecule has 8 nitrogen and oxygen atoms in total. The zero-order valence-electron chi connectivity index (χ0n) is 20.1. The van der Waals surface area contributed by atoms with Crippen molar-refractivity contribution < 1.29 is 27.9 Å². The quantitative estimate of drug-likeness (QED) is 0.300. The van der Waals surface area contributed by atoms with Crippen molar-refractivity contribution in [2.45, 2.75) is 22.8 Å². The molecule has 9 heteroatoms. The molecule has 0 aliphatic carbocycles. The van der Waals surface area contributed by atoms with Gasteiger partial charge in [0.15, 0.2) is 0 Å². The van der Waals surface area contributed by atoms with E-state index in [1.165, 1.54) is 37.7 Å². The molecule has 0 radical (unpaired) electrons. The molecule has 3 aromatic carbocycles. The predicted octanol–water partition coefficient (Wildman–Crippen LogP) is 4.95. The van der Waals surface area contributed by atoms with Crippen molar-refractivity contribution in [3.63, 3.8) is 0 Å². The monoisotopic (exact) mass is 516 g/mol. The molecule has 0 bridgehead atoms. The third kappa shape index (κ3) is 5.36. The van der Waals surface area contributed by atoms with Crippen molar-refractivity contribution in [3.05, 3.63) is 102 Å². The minimum atomic E-state index is -3.98. The molecule has 1 aromatic heterocycles. The van der Waals surface area contributed by atoms with Gasteiger partial charge in [0.1, 0.15) is 18.1 Å². The summed E-state index contributed by atoms with van der Waals surface area (Å²) >= 11 is 0. The topological polar surface area (TPSA) is 123 Å². The summed E-state index contributed by atoms with van der Waals surface area (Å²) in [6, 6.07) is 18.3. The van der Waals surface area contributed by atoms with Gasteiger partial charge in [0, 0.05) is 29.2 Å². The Balaban J connectivity index is 1.76. The second-order valence-corrected chi connectivity index (χ2v) is 10.2. The lowest BCUT2D eigenvalue weighted by atomic mass is 9.98. The Morgan fingerprint density at radius 2 is 1.78 bits per heavy atom. The van der Waals surface area contributed by atoms with E-state index < -0.39 is 21.8 Å². The lowest BCUT2D eigenvalue weighted by Crippen LogP contribution is -2.17. The van der Waals surface area contributed by atoms with Crippen LogP contribution < -0.4 is 10.1 Å². The largest absolute Gasteiger partial charge is 0.497 e. The highest BCUT2D eigenvalue weighted by Gasteiger charge is 2.26. The zero-order valence-corrected chi connectivity index (χ0v) is 20.9. The van der Waals surface area contributed by atoms with Crippen LogP contribution in [0.5, 0.6) is 5.75 Å². The zero-order chi connectivity index (χ0) is 26.6. The van der Waals surface area contributed by atoms with E-state index in [0.29, 0.717) is 28.8 Å². The van der Waals surface area contributed by atoms with Crippen molar-refractivity contribution in [3.8, 4) is 16.9 Å². The van der Waals surface area contributed by atoms with Gasteiger partial charge in [-0.05, 0) is 66.6 Å². The number of aldehydes is 1. The van der Waals surface area contributed by atoms with E-state index in [2.05, 4.69) is 10.3 Å². The first kappa shape index (κ1) is 25.6. The molecular formula is C28H24N2O6S. The number of para-hydroxylation sites is 1. The number of hydrogen-bond acceptors (Lipinski definition) is 7. The number of aromatic carboxylic acids is 1. The third-order valence-corrected chi connectivity index (χ3v) is 7.66. The standard InChI is InChI=1S/C28H24N2O6S/c1-18-13-19(15-20(14-18)28(32)33)23-5-3-4-6-25(23)30-26(17-31)24-16-29-12-11-27(24)37(34,35)22-9-7-21(36-2)8-10-22/h3-17,26,30H,1-2H3,(H,32,33). The number of hydrogen-bond donors (Lipinski definition) is 2. The Hall–Kier alpha value is -4.50. The number of methoxy groups -OCH3 is 1. The maximum atomic E-state index is 13.5. The van der Waals surface area contributed by atoms with E-state index in [0.717, 1.165) is 5.56 Å². The second kappa shape index (κ2) is 10.6. The normalized spacial score (nSPS) is 11.9. The number of carboxylic acids is 1. The Kier molecular flexibility index (Phi) is 7.35. The summed E-state index contributed by atoms with van der Waals surface area (Å²) in [5, 5.41) is 12.6. The van der Waals surface area contributed by atoms with E-state index >= 15 is 0 Å². The number of nitrogens with zero attached hydrogens (tertiary/aromatic N) is 1. The minimum Gasteiger partial charge on any atom is -0.497 e. The van der Waals surface area contributed by atoms with Crippen LogP contribution in [0.4, 0.5) is 5.69 Å². The number of carbonyl (C=O) groups is 2. The number of aryl methyl sites for hydroxylation is 1. The first-order chi connectivity index (χ1) is 17.7. The fourth-order valence-electron chi connectivity index (χ4n) is 4.03. The van der Waals surface area contributed by atoms with Crippen LogP contribution in [0, 0.1) is 6.92 Å². The molecule has 188 valence electrons. The van der Waals surface area contributed by atoms with Crippen LogP contribution in [0.15, 0.2) is 95.0 Å². The minimum absolute atomic E-state index is 0.0479. The van der Waals surface area contributed by atoms with Gasteiger partial charge in [-0.3, -0.25) is 4.98 Å². The van der Waals surface area contributed by atoms with Crippen LogP contribution in [0.1, 0.15) is 27.5 Å². The van der Waals surface area contributed by atoms with Crippen LogP contribution in [0.3, 0.4) is 0 Å². The van der Waals surface area contributed by atoms with E-state index in [-0.39, 0.29) is 20.9 Å². The molecule has 4 aromatic rings. The fourth-order valence-corrected chi connectivity index (χ4v) is 5.51. The van der Waals surface area contributed by atoms with E-state index in [9.17, 15) is 23.1 Å². The van der Waals surface area contributed by atoms with Gasteiger partial charge in [0.05, 0.1) is 22.5 Å². The lowest BCUT2D eigenvalue weighted by molar-refractivity contribution is -0.108. The summed E-state index contributed by atoms with van der Waals surface area (Å²) in [7, 11) is -2.50. The van der Waals surface area contributed by atoms with Gasteiger partial charge in [0.25, 0.3) is 0 Å². The van der Waals surface area contributed by atoms with Crippen molar-refractivity contribution in [2.24, 2.45) is 0 Å². The highest BCUT2D eigenvalue weighted by molar-refractivity contribution is 7.91. The number of sulfone groups is 1. The van der Waals surface area contributed by atoms with Crippen molar-refractivity contribution >= 4 is 27.8 Å². The Morgan fingerprint density at radius 3 is 2.46 bits per heavy atom. The van der Waals surface area contributed by atoms with Gasteiger partial charge >= 0.3 is 5.97 Å². The van der Waals surface area contributed by atoms with Crippen molar-refractivity contribution in [2.75, 3.05) is 12.4 Å². The fraction of sp³-hybridized carbons (Fsp3) is 0.107. The van der Waals surface area contributed by atoms with Gasteiger partial charge < -0.3 is 20.0 Å². The summed E-state index contributed by atoms with van der Waals surface area (Å²) in [5.74, 6) is -0.537. The molecule has 2 N–H and O–H groups in total.